The number of rotatable bonds is 3. The number of aromatic amines is 1. The molecule has 118 valence electrons. The van der Waals surface area contributed by atoms with Crippen molar-refractivity contribution in [2.24, 2.45) is 0 Å². The van der Waals surface area contributed by atoms with Crippen LogP contribution in [0.15, 0.2) is 28.4 Å². The third kappa shape index (κ3) is 4.63. The zero-order valence-corrected chi connectivity index (χ0v) is 13.2. The maximum atomic E-state index is 11.6. The Morgan fingerprint density at radius 1 is 1.62 bits per heavy atom. The van der Waals surface area contributed by atoms with E-state index in [1.807, 2.05) is 0 Å². The second kappa shape index (κ2) is 8.28. The Balaban J connectivity index is 0.000000491. The van der Waals surface area contributed by atoms with Gasteiger partial charge in [0.15, 0.2) is 0 Å². The van der Waals surface area contributed by atoms with Gasteiger partial charge in [-0.3, -0.25) is 14.3 Å². The molecular formula is C13H19BrN2O5. The standard InChI is InChI=1S/C10H14N2O5.C3H5Br/c1-5-3-12(10(16)11-9(5)15)8-2-6(14)7(4-13)17-8;1-2-3-4/h3,6-8,13-14H,2,4H2,1H3,(H,11,15,16);2H,1,3H2/t6-,7+,8+;/m0./s1. The number of nitrogens with one attached hydrogen (secondary N) is 1. The van der Waals surface area contributed by atoms with Gasteiger partial charge in [0.1, 0.15) is 12.3 Å². The number of alkyl halides is 1. The lowest BCUT2D eigenvalue weighted by Gasteiger charge is -2.14. The first kappa shape index (κ1) is 17.8. The van der Waals surface area contributed by atoms with Crippen molar-refractivity contribution in [3.63, 3.8) is 0 Å². The van der Waals surface area contributed by atoms with Crippen molar-refractivity contribution in [2.45, 2.75) is 31.8 Å². The smallest absolute Gasteiger partial charge is 0.330 e. The SMILES string of the molecule is C=CCBr.Cc1cn([C@H]2C[C@H](O)[C@@H](CO)O2)c(=O)[nH]c1=O. The molecule has 21 heavy (non-hydrogen) atoms. The molecule has 0 radical (unpaired) electrons. The lowest BCUT2D eigenvalue weighted by atomic mass is 10.2. The number of nitrogens with zero attached hydrogens (tertiary/aromatic N) is 1. The van der Waals surface area contributed by atoms with E-state index in [2.05, 4.69) is 27.5 Å². The molecule has 1 aromatic heterocycles. The van der Waals surface area contributed by atoms with E-state index in [1.54, 1.807) is 13.0 Å². The van der Waals surface area contributed by atoms with Crippen molar-refractivity contribution >= 4 is 15.9 Å². The van der Waals surface area contributed by atoms with Crippen LogP contribution >= 0.6 is 15.9 Å². The summed E-state index contributed by atoms with van der Waals surface area (Å²) in [5.41, 5.74) is -0.643. The number of aliphatic hydroxyl groups excluding tert-OH is 2. The predicted octanol–water partition coefficient (Wildman–Crippen LogP) is 0.0530. The van der Waals surface area contributed by atoms with E-state index < -0.39 is 29.7 Å². The fraction of sp³-hybridized carbons (Fsp3) is 0.538. The molecule has 0 aromatic carbocycles. The van der Waals surface area contributed by atoms with Crippen molar-refractivity contribution in [3.8, 4) is 0 Å². The lowest BCUT2D eigenvalue weighted by molar-refractivity contribution is -0.0459. The highest BCUT2D eigenvalue weighted by Gasteiger charge is 2.34. The summed E-state index contributed by atoms with van der Waals surface area (Å²) in [6.07, 6.45) is 1.21. The quantitative estimate of drug-likeness (QED) is 0.520. The molecule has 2 rings (SSSR count). The molecule has 8 heteroatoms. The Labute approximate surface area is 130 Å². The molecule has 0 unspecified atom stereocenters. The summed E-state index contributed by atoms with van der Waals surface area (Å²) in [6.45, 7) is 4.69. The van der Waals surface area contributed by atoms with Gasteiger partial charge >= 0.3 is 5.69 Å². The third-order valence-electron chi connectivity index (χ3n) is 2.95. The Kier molecular flexibility index (Phi) is 7.03. The van der Waals surface area contributed by atoms with Crippen LogP contribution in [0.3, 0.4) is 0 Å². The van der Waals surface area contributed by atoms with Crippen molar-refractivity contribution in [1.82, 2.24) is 9.55 Å². The minimum atomic E-state index is -0.816. The number of aromatic nitrogens is 2. The molecule has 3 atom stereocenters. The Bertz CT molecular complexity index is 583. The molecule has 0 amide bonds. The maximum Gasteiger partial charge on any atom is 0.330 e. The fourth-order valence-electron chi connectivity index (χ4n) is 1.85. The van der Waals surface area contributed by atoms with E-state index in [0.29, 0.717) is 5.56 Å². The van der Waals surface area contributed by atoms with Crippen LogP contribution in [0.2, 0.25) is 0 Å². The molecule has 1 saturated heterocycles. The largest absolute Gasteiger partial charge is 0.394 e. The van der Waals surface area contributed by atoms with E-state index >= 15 is 0 Å². The van der Waals surface area contributed by atoms with Gasteiger partial charge in [-0.05, 0) is 6.92 Å². The first-order valence-corrected chi connectivity index (χ1v) is 7.50. The molecule has 0 aliphatic carbocycles. The highest BCUT2D eigenvalue weighted by molar-refractivity contribution is 9.09. The summed E-state index contributed by atoms with van der Waals surface area (Å²) in [7, 11) is 0. The van der Waals surface area contributed by atoms with Gasteiger partial charge in [0, 0.05) is 23.5 Å². The van der Waals surface area contributed by atoms with Gasteiger partial charge in [0.05, 0.1) is 12.7 Å². The number of halogens is 1. The normalized spacial score (nSPS) is 24.3. The zero-order chi connectivity index (χ0) is 16.0. The van der Waals surface area contributed by atoms with E-state index in [9.17, 15) is 14.7 Å². The first-order valence-electron chi connectivity index (χ1n) is 6.37. The summed E-state index contributed by atoms with van der Waals surface area (Å²) < 4.78 is 6.54. The summed E-state index contributed by atoms with van der Waals surface area (Å²) in [4.78, 5) is 24.9. The molecule has 2 heterocycles. The van der Waals surface area contributed by atoms with Crippen LogP contribution in [0, 0.1) is 6.92 Å². The van der Waals surface area contributed by atoms with Gasteiger partial charge in [-0.15, -0.1) is 6.58 Å². The average Bonchev–Trinajstić information content (AvgIpc) is 2.84. The minimum absolute atomic E-state index is 0.205. The molecule has 3 N–H and O–H groups in total. The summed E-state index contributed by atoms with van der Waals surface area (Å²) in [5, 5.41) is 19.4. The molecule has 7 nitrogen and oxygen atoms in total. The van der Waals surface area contributed by atoms with Crippen LogP contribution in [0.5, 0.6) is 0 Å². The summed E-state index contributed by atoms with van der Waals surface area (Å²) >= 11 is 3.13. The molecular weight excluding hydrogens is 344 g/mol. The number of H-pyrrole nitrogens is 1. The van der Waals surface area contributed by atoms with Crippen molar-refractivity contribution in [2.75, 3.05) is 11.9 Å². The molecule has 0 spiro atoms. The van der Waals surface area contributed by atoms with E-state index in [-0.39, 0.29) is 13.0 Å². The Hall–Kier alpha value is -1.22. The highest BCUT2D eigenvalue weighted by Crippen LogP contribution is 2.27. The molecule has 0 bridgehead atoms. The number of hydrogen-bond donors (Lipinski definition) is 3. The van der Waals surface area contributed by atoms with Crippen LogP contribution in [0.4, 0.5) is 0 Å². The molecule has 1 aliphatic heterocycles. The van der Waals surface area contributed by atoms with Gasteiger partial charge < -0.3 is 14.9 Å². The lowest BCUT2D eigenvalue weighted by Crippen LogP contribution is -2.33. The maximum absolute atomic E-state index is 11.6. The number of allylic oxidation sites excluding steroid dienone is 1. The van der Waals surface area contributed by atoms with Crippen molar-refractivity contribution in [1.29, 1.82) is 0 Å². The second-order valence-electron chi connectivity index (χ2n) is 4.54. The van der Waals surface area contributed by atoms with Crippen LogP contribution in [-0.4, -0.2) is 43.9 Å². The van der Waals surface area contributed by atoms with Gasteiger partial charge in [-0.25, -0.2) is 4.79 Å². The van der Waals surface area contributed by atoms with E-state index in [4.69, 9.17) is 9.84 Å². The van der Waals surface area contributed by atoms with Gasteiger partial charge in [-0.2, -0.15) is 0 Å². The van der Waals surface area contributed by atoms with E-state index in [0.717, 1.165) is 5.33 Å². The fourth-order valence-corrected chi connectivity index (χ4v) is 1.85. The molecule has 1 aliphatic rings. The topological polar surface area (TPSA) is 105 Å². The molecule has 0 saturated carbocycles. The van der Waals surface area contributed by atoms with Crippen molar-refractivity contribution < 1.29 is 14.9 Å². The predicted molar refractivity (Wildman–Crippen MR) is 81.7 cm³/mol. The average molecular weight is 363 g/mol. The Morgan fingerprint density at radius 2 is 2.24 bits per heavy atom. The number of ether oxygens (including phenoxy) is 1. The number of hydrogen-bond acceptors (Lipinski definition) is 5. The molecule has 1 fully saturated rings. The third-order valence-corrected chi connectivity index (χ3v) is 3.41. The van der Waals surface area contributed by atoms with Crippen LogP contribution in [0.25, 0.3) is 0 Å². The molecule has 1 aromatic rings. The highest BCUT2D eigenvalue weighted by atomic mass is 79.9. The minimum Gasteiger partial charge on any atom is -0.394 e. The Morgan fingerprint density at radius 3 is 2.71 bits per heavy atom. The van der Waals surface area contributed by atoms with Gasteiger partial charge in [-0.1, -0.05) is 22.0 Å². The summed E-state index contributed by atoms with van der Waals surface area (Å²) in [5.74, 6) is 0. The van der Waals surface area contributed by atoms with Crippen LogP contribution in [0.1, 0.15) is 18.2 Å². The summed E-state index contributed by atoms with van der Waals surface area (Å²) in [6, 6.07) is 0. The number of aliphatic hydroxyl groups is 2. The van der Waals surface area contributed by atoms with E-state index in [1.165, 1.54) is 10.8 Å². The van der Waals surface area contributed by atoms with Gasteiger partial charge in [0.2, 0.25) is 0 Å². The van der Waals surface area contributed by atoms with Gasteiger partial charge in [0.25, 0.3) is 5.56 Å². The zero-order valence-electron chi connectivity index (χ0n) is 11.7. The number of aryl methyl sites for hydroxylation is 1. The second-order valence-corrected chi connectivity index (χ2v) is 5.18. The van der Waals surface area contributed by atoms with Crippen molar-refractivity contribution in [3.05, 3.63) is 45.3 Å². The first-order chi connectivity index (χ1) is 9.94. The monoisotopic (exact) mass is 362 g/mol. The van der Waals surface area contributed by atoms with Crippen LogP contribution in [-0.2, 0) is 4.74 Å². The van der Waals surface area contributed by atoms with Crippen LogP contribution < -0.4 is 11.2 Å².